The van der Waals surface area contributed by atoms with Crippen molar-refractivity contribution in [3.05, 3.63) is 51.2 Å². The molecule has 4 nitrogen and oxygen atoms in total. The fourth-order valence-corrected chi connectivity index (χ4v) is 3.15. The van der Waals surface area contributed by atoms with Crippen LogP contribution in [0.25, 0.3) is 0 Å². The molecular formula is C14H10ClNO3S. The van der Waals surface area contributed by atoms with Gasteiger partial charge in [-0.1, -0.05) is 29.8 Å². The maximum Gasteiger partial charge on any atom is 0.261 e. The number of rotatable bonds is 3. The molecule has 0 saturated heterocycles. The maximum atomic E-state index is 12.1. The molecule has 102 valence electrons. The molecule has 1 aromatic carbocycles. The number of amides is 1. The van der Waals surface area contributed by atoms with Gasteiger partial charge in [-0.25, -0.2) is 0 Å². The third kappa shape index (κ3) is 1.95. The first-order valence-electron chi connectivity index (χ1n) is 5.92. The van der Waals surface area contributed by atoms with Gasteiger partial charge in [-0.15, -0.1) is 11.3 Å². The van der Waals surface area contributed by atoms with Crippen molar-refractivity contribution < 1.29 is 14.7 Å². The number of ketones is 1. The van der Waals surface area contributed by atoms with Crippen molar-refractivity contribution in [2.24, 2.45) is 0 Å². The molecule has 0 spiro atoms. The summed E-state index contributed by atoms with van der Waals surface area (Å²) in [5.41, 5.74) is -1.14. The molecule has 1 amide bonds. The van der Waals surface area contributed by atoms with Gasteiger partial charge in [0.1, 0.15) is 0 Å². The fourth-order valence-electron chi connectivity index (χ4n) is 2.27. The molecule has 2 heterocycles. The first kappa shape index (κ1) is 13.3. The standard InChI is InChI=1S/C14H10ClNO3S/c15-9-4-1-3-8-12(9)16-13(18)14(8,19)7-10(17)11-5-2-6-20-11/h1-6,19H,7H2,(H,16,18)/t14-/m1/s1. The Morgan fingerprint density at radius 1 is 1.35 bits per heavy atom. The number of Topliss-reactive ketones (excluding diaryl/α,β-unsaturated/α-hetero) is 1. The van der Waals surface area contributed by atoms with Crippen LogP contribution in [-0.2, 0) is 10.4 Å². The lowest BCUT2D eigenvalue weighted by Crippen LogP contribution is -2.36. The predicted molar refractivity (Wildman–Crippen MR) is 77.2 cm³/mol. The zero-order chi connectivity index (χ0) is 14.3. The molecule has 2 aromatic rings. The maximum absolute atomic E-state index is 12.1. The lowest BCUT2D eigenvalue weighted by Gasteiger charge is -2.19. The number of benzene rings is 1. The number of hydrogen-bond acceptors (Lipinski definition) is 4. The number of nitrogens with one attached hydrogen (secondary N) is 1. The first-order valence-corrected chi connectivity index (χ1v) is 7.17. The normalized spacial score (nSPS) is 20.6. The van der Waals surface area contributed by atoms with Gasteiger partial charge in [-0.3, -0.25) is 9.59 Å². The minimum atomic E-state index is -1.86. The van der Waals surface area contributed by atoms with Crippen LogP contribution in [0, 0.1) is 0 Å². The summed E-state index contributed by atoms with van der Waals surface area (Å²) in [7, 11) is 0. The highest BCUT2D eigenvalue weighted by Gasteiger charge is 2.47. The molecule has 20 heavy (non-hydrogen) atoms. The van der Waals surface area contributed by atoms with Gasteiger partial charge < -0.3 is 10.4 Å². The van der Waals surface area contributed by atoms with Crippen molar-refractivity contribution in [2.75, 3.05) is 5.32 Å². The van der Waals surface area contributed by atoms with Crippen LogP contribution in [0.1, 0.15) is 21.7 Å². The van der Waals surface area contributed by atoms with E-state index < -0.39 is 11.5 Å². The van der Waals surface area contributed by atoms with Crippen molar-refractivity contribution in [1.29, 1.82) is 0 Å². The van der Waals surface area contributed by atoms with Gasteiger partial charge in [-0.05, 0) is 17.5 Å². The van der Waals surface area contributed by atoms with Crippen molar-refractivity contribution in [3.8, 4) is 0 Å². The third-order valence-electron chi connectivity index (χ3n) is 3.29. The fraction of sp³-hybridized carbons (Fsp3) is 0.143. The lowest BCUT2D eigenvalue weighted by atomic mass is 9.89. The molecule has 1 aromatic heterocycles. The van der Waals surface area contributed by atoms with E-state index in [1.807, 2.05) is 0 Å². The number of anilines is 1. The number of fused-ring (bicyclic) bond motifs is 1. The summed E-state index contributed by atoms with van der Waals surface area (Å²) in [6, 6.07) is 8.28. The van der Waals surface area contributed by atoms with Crippen LogP contribution >= 0.6 is 22.9 Å². The molecule has 0 radical (unpaired) electrons. The molecule has 0 fully saturated rings. The van der Waals surface area contributed by atoms with E-state index >= 15 is 0 Å². The van der Waals surface area contributed by atoms with Crippen molar-refractivity contribution in [1.82, 2.24) is 0 Å². The second kappa shape index (κ2) is 4.70. The molecule has 0 unspecified atom stereocenters. The van der Waals surface area contributed by atoms with E-state index in [0.29, 0.717) is 21.2 Å². The average molecular weight is 308 g/mol. The molecule has 2 N–H and O–H groups in total. The number of para-hydroxylation sites is 1. The zero-order valence-corrected chi connectivity index (χ0v) is 11.8. The topological polar surface area (TPSA) is 66.4 Å². The number of hydrogen-bond donors (Lipinski definition) is 2. The van der Waals surface area contributed by atoms with Crippen LogP contribution in [-0.4, -0.2) is 16.8 Å². The molecule has 0 bridgehead atoms. The number of carbonyl (C=O) groups excluding carboxylic acids is 2. The number of carbonyl (C=O) groups is 2. The quantitative estimate of drug-likeness (QED) is 0.857. The SMILES string of the molecule is O=C(C[C@]1(O)C(=O)Nc2c(Cl)cccc21)c1cccs1. The summed E-state index contributed by atoms with van der Waals surface area (Å²) in [5, 5.41) is 15.3. The van der Waals surface area contributed by atoms with Crippen LogP contribution in [0.4, 0.5) is 5.69 Å². The van der Waals surface area contributed by atoms with Crippen LogP contribution in [0.2, 0.25) is 5.02 Å². The van der Waals surface area contributed by atoms with Crippen molar-refractivity contribution in [3.63, 3.8) is 0 Å². The Labute approximate surface area is 124 Å². The van der Waals surface area contributed by atoms with E-state index in [1.165, 1.54) is 11.3 Å². The lowest BCUT2D eigenvalue weighted by molar-refractivity contribution is -0.133. The van der Waals surface area contributed by atoms with Crippen LogP contribution < -0.4 is 5.32 Å². The molecule has 6 heteroatoms. The van der Waals surface area contributed by atoms with Gasteiger partial charge in [0.2, 0.25) is 0 Å². The Balaban J connectivity index is 1.99. The van der Waals surface area contributed by atoms with Crippen molar-refractivity contribution >= 4 is 40.3 Å². The van der Waals surface area contributed by atoms with Gasteiger partial charge in [-0.2, -0.15) is 0 Å². The molecule has 1 aliphatic heterocycles. The van der Waals surface area contributed by atoms with Crippen LogP contribution in [0.5, 0.6) is 0 Å². The zero-order valence-electron chi connectivity index (χ0n) is 10.2. The second-order valence-electron chi connectivity index (χ2n) is 4.55. The summed E-state index contributed by atoms with van der Waals surface area (Å²) >= 11 is 7.27. The van der Waals surface area contributed by atoms with E-state index in [2.05, 4.69) is 5.32 Å². The molecule has 0 aliphatic carbocycles. The summed E-state index contributed by atoms with van der Waals surface area (Å²) < 4.78 is 0. The van der Waals surface area contributed by atoms with E-state index in [1.54, 1.807) is 35.7 Å². The van der Waals surface area contributed by atoms with Crippen LogP contribution in [0.3, 0.4) is 0 Å². The third-order valence-corrected chi connectivity index (χ3v) is 4.51. The molecule has 1 atom stereocenters. The summed E-state index contributed by atoms with van der Waals surface area (Å²) in [5.74, 6) is -0.893. The number of aliphatic hydroxyl groups is 1. The van der Waals surface area contributed by atoms with Gasteiger partial charge in [0.05, 0.1) is 22.0 Å². The Morgan fingerprint density at radius 2 is 2.15 bits per heavy atom. The average Bonchev–Trinajstić information content (AvgIpc) is 3.01. The number of halogens is 1. The summed E-state index contributed by atoms with van der Waals surface area (Å²) in [6.45, 7) is 0. The highest BCUT2D eigenvalue weighted by molar-refractivity contribution is 7.12. The smallest absolute Gasteiger partial charge is 0.261 e. The van der Waals surface area contributed by atoms with Gasteiger partial charge >= 0.3 is 0 Å². The van der Waals surface area contributed by atoms with E-state index in [9.17, 15) is 14.7 Å². The molecule has 1 aliphatic rings. The summed E-state index contributed by atoms with van der Waals surface area (Å²) in [4.78, 5) is 24.7. The highest BCUT2D eigenvalue weighted by Crippen LogP contribution is 2.42. The predicted octanol–water partition coefficient (Wildman–Crippen LogP) is 2.81. The van der Waals surface area contributed by atoms with Crippen molar-refractivity contribution in [2.45, 2.75) is 12.0 Å². The van der Waals surface area contributed by atoms with Gasteiger partial charge in [0, 0.05) is 5.56 Å². The Hall–Kier alpha value is -1.69. The Bertz CT molecular complexity index is 698. The molecule has 0 saturated carbocycles. The highest BCUT2D eigenvalue weighted by atomic mass is 35.5. The Kier molecular flexibility index (Phi) is 3.12. The summed E-state index contributed by atoms with van der Waals surface area (Å²) in [6.07, 6.45) is -0.299. The van der Waals surface area contributed by atoms with Gasteiger partial charge in [0.25, 0.3) is 5.91 Å². The second-order valence-corrected chi connectivity index (χ2v) is 5.91. The van der Waals surface area contributed by atoms with E-state index in [-0.39, 0.29) is 12.2 Å². The van der Waals surface area contributed by atoms with Crippen LogP contribution in [0.15, 0.2) is 35.7 Å². The number of thiophene rings is 1. The Morgan fingerprint density at radius 3 is 2.85 bits per heavy atom. The van der Waals surface area contributed by atoms with E-state index in [0.717, 1.165) is 0 Å². The molecular weight excluding hydrogens is 298 g/mol. The monoisotopic (exact) mass is 307 g/mol. The molecule has 3 rings (SSSR count). The first-order chi connectivity index (χ1) is 9.52. The van der Waals surface area contributed by atoms with Gasteiger partial charge in [0.15, 0.2) is 11.4 Å². The van der Waals surface area contributed by atoms with E-state index in [4.69, 9.17) is 11.6 Å². The largest absolute Gasteiger partial charge is 0.375 e. The minimum Gasteiger partial charge on any atom is -0.375 e. The minimum absolute atomic E-state index is 0.273.